The fraction of sp³-hybridized carbons (Fsp3) is 0.417. The van der Waals surface area contributed by atoms with Crippen molar-refractivity contribution < 1.29 is 4.39 Å². The van der Waals surface area contributed by atoms with Crippen molar-refractivity contribution in [2.75, 3.05) is 0 Å². The highest BCUT2D eigenvalue weighted by atomic mass is 19.1. The summed E-state index contributed by atoms with van der Waals surface area (Å²) in [6, 6.07) is 6.96. The van der Waals surface area contributed by atoms with Gasteiger partial charge in [0, 0.05) is 5.71 Å². The van der Waals surface area contributed by atoms with Crippen molar-refractivity contribution >= 4 is 5.71 Å². The third-order valence-corrected chi connectivity index (χ3v) is 2.71. The minimum Gasteiger partial charge on any atom is -0.286 e. The zero-order chi connectivity index (χ0) is 9.97. The second kappa shape index (κ2) is 3.91. The molecule has 0 N–H and O–H groups in total. The number of rotatable bonds is 2. The largest absolute Gasteiger partial charge is 0.286 e. The Bertz CT molecular complexity index is 340. The van der Waals surface area contributed by atoms with Crippen LogP contribution in [0.4, 0.5) is 4.39 Å². The fourth-order valence-electron chi connectivity index (χ4n) is 1.85. The molecule has 0 fully saturated rings. The third kappa shape index (κ3) is 1.84. The quantitative estimate of drug-likeness (QED) is 0.678. The van der Waals surface area contributed by atoms with E-state index in [1.54, 1.807) is 0 Å². The Balaban J connectivity index is 2.17. The number of benzene rings is 1. The Hall–Kier alpha value is -1.18. The van der Waals surface area contributed by atoms with Gasteiger partial charge in [-0.05, 0) is 37.0 Å². The Morgan fingerprint density at radius 2 is 2.07 bits per heavy atom. The first kappa shape index (κ1) is 9.38. The maximum Gasteiger partial charge on any atom is 0.123 e. The average molecular weight is 191 g/mol. The number of hydrogen-bond acceptors (Lipinski definition) is 1. The first-order valence-electron chi connectivity index (χ1n) is 5.10. The second-order valence-electron chi connectivity index (χ2n) is 3.65. The van der Waals surface area contributed by atoms with Crippen molar-refractivity contribution in [3.63, 3.8) is 0 Å². The van der Waals surface area contributed by atoms with Gasteiger partial charge < -0.3 is 0 Å². The summed E-state index contributed by atoms with van der Waals surface area (Å²) in [4.78, 5) is 4.60. The molecule has 1 aromatic rings. The van der Waals surface area contributed by atoms with Gasteiger partial charge in [-0.25, -0.2) is 4.39 Å². The van der Waals surface area contributed by atoms with E-state index in [2.05, 4.69) is 11.9 Å². The summed E-state index contributed by atoms with van der Waals surface area (Å²) >= 11 is 0. The van der Waals surface area contributed by atoms with Crippen LogP contribution in [0, 0.1) is 5.82 Å². The topological polar surface area (TPSA) is 12.4 Å². The van der Waals surface area contributed by atoms with Crippen molar-refractivity contribution in [3.8, 4) is 0 Å². The molecule has 0 saturated carbocycles. The summed E-state index contributed by atoms with van der Waals surface area (Å²) in [5.74, 6) is -0.175. The summed E-state index contributed by atoms with van der Waals surface area (Å²) < 4.78 is 12.7. The highest BCUT2D eigenvalue weighted by Crippen LogP contribution is 2.29. The second-order valence-corrected chi connectivity index (χ2v) is 3.65. The molecule has 1 atom stereocenters. The monoisotopic (exact) mass is 191 g/mol. The van der Waals surface area contributed by atoms with E-state index in [9.17, 15) is 4.39 Å². The molecule has 1 heterocycles. The molecular weight excluding hydrogens is 177 g/mol. The van der Waals surface area contributed by atoms with Crippen molar-refractivity contribution in [3.05, 3.63) is 35.6 Å². The molecule has 2 heteroatoms. The first-order chi connectivity index (χ1) is 6.79. The lowest BCUT2D eigenvalue weighted by Gasteiger charge is -2.05. The SMILES string of the molecule is CCC1=N[C@H](c2ccc(F)cc2)CC1. The molecule has 0 aromatic heterocycles. The van der Waals surface area contributed by atoms with Crippen LogP contribution in [-0.2, 0) is 0 Å². The van der Waals surface area contributed by atoms with E-state index in [0.717, 1.165) is 24.8 Å². The van der Waals surface area contributed by atoms with E-state index in [1.165, 1.54) is 17.8 Å². The molecule has 0 saturated heterocycles. The molecule has 1 aromatic carbocycles. The van der Waals surface area contributed by atoms with Gasteiger partial charge in [-0.2, -0.15) is 0 Å². The van der Waals surface area contributed by atoms with E-state index in [1.807, 2.05) is 12.1 Å². The van der Waals surface area contributed by atoms with Gasteiger partial charge in [0.2, 0.25) is 0 Å². The minimum atomic E-state index is -0.175. The molecule has 0 radical (unpaired) electrons. The van der Waals surface area contributed by atoms with E-state index >= 15 is 0 Å². The van der Waals surface area contributed by atoms with Crippen molar-refractivity contribution in [1.82, 2.24) is 0 Å². The molecule has 1 aliphatic rings. The Labute approximate surface area is 83.7 Å². The highest BCUT2D eigenvalue weighted by Gasteiger charge is 2.17. The fourth-order valence-corrected chi connectivity index (χ4v) is 1.85. The maximum absolute atomic E-state index is 12.7. The average Bonchev–Trinajstić information content (AvgIpc) is 2.67. The van der Waals surface area contributed by atoms with Gasteiger partial charge in [-0.1, -0.05) is 19.1 Å². The lowest BCUT2D eigenvalue weighted by atomic mass is 10.0. The predicted molar refractivity (Wildman–Crippen MR) is 56.1 cm³/mol. The third-order valence-electron chi connectivity index (χ3n) is 2.71. The van der Waals surface area contributed by atoms with Gasteiger partial charge >= 0.3 is 0 Å². The molecule has 1 aliphatic heterocycles. The lowest BCUT2D eigenvalue weighted by Crippen LogP contribution is -1.90. The number of nitrogens with zero attached hydrogens (tertiary/aromatic N) is 1. The van der Waals surface area contributed by atoms with Crippen LogP contribution in [-0.4, -0.2) is 5.71 Å². The van der Waals surface area contributed by atoms with Crippen LogP contribution in [0.2, 0.25) is 0 Å². The molecule has 0 bridgehead atoms. The van der Waals surface area contributed by atoms with Gasteiger partial charge in [-0.3, -0.25) is 4.99 Å². The normalized spacial score (nSPS) is 21.0. The van der Waals surface area contributed by atoms with Crippen LogP contribution in [0.5, 0.6) is 0 Å². The van der Waals surface area contributed by atoms with Gasteiger partial charge in [0.05, 0.1) is 6.04 Å². The van der Waals surface area contributed by atoms with Crippen LogP contribution in [0.15, 0.2) is 29.3 Å². The summed E-state index contributed by atoms with van der Waals surface area (Å²) in [7, 11) is 0. The highest BCUT2D eigenvalue weighted by molar-refractivity contribution is 5.86. The molecule has 14 heavy (non-hydrogen) atoms. The Morgan fingerprint density at radius 3 is 2.64 bits per heavy atom. The minimum absolute atomic E-state index is 0.175. The molecule has 0 aliphatic carbocycles. The Morgan fingerprint density at radius 1 is 1.36 bits per heavy atom. The van der Waals surface area contributed by atoms with Crippen LogP contribution in [0.1, 0.15) is 37.8 Å². The van der Waals surface area contributed by atoms with E-state index in [4.69, 9.17) is 0 Å². The molecule has 1 nitrogen and oxygen atoms in total. The van der Waals surface area contributed by atoms with Crippen LogP contribution in [0.25, 0.3) is 0 Å². The van der Waals surface area contributed by atoms with Gasteiger partial charge in [-0.15, -0.1) is 0 Å². The van der Waals surface area contributed by atoms with Gasteiger partial charge in [0.25, 0.3) is 0 Å². The first-order valence-corrected chi connectivity index (χ1v) is 5.10. The summed E-state index contributed by atoms with van der Waals surface area (Å²) in [6.45, 7) is 2.13. The zero-order valence-electron chi connectivity index (χ0n) is 8.33. The number of halogens is 1. The number of hydrogen-bond donors (Lipinski definition) is 0. The lowest BCUT2D eigenvalue weighted by molar-refractivity contribution is 0.624. The van der Waals surface area contributed by atoms with Gasteiger partial charge in [0.1, 0.15) is 5.82 Å². The standard InChI is InChI=1S/C12H14FN/c1-2-11-7-8-12(14-11)9-3-5-10(13)6-4-9/h3-6,12H,2,7-8H2,1H3/t12-/m0/s1. The molecule has 0 spiro atoms. The van der Waals surface area contributed by atoms with Crippen molar-refractivity contribution in [2.24, 2.45) is 4.99 Å². The van der Waals surface area contributed by atoms with Gasteiger partial charge in [0.15, 0.2) is 0 Å². The van der Waals surface area contributed by atoms with Crippen LogP contribution < -0.4 is 0 Å². The summed E-state index contributed by atoms with van der Waals surface area (Å²) in [5.41, 5.74) is 2.43. The van der Waals surface area contributed by atoms with Crippen molar-refractivity contribution in [2.45, 2.75) is 32.2 Å². The van der Waals surface area contributed by atoms with Crippen LogP contribution in [0.3, 0.4) is 0 Å². The summed E-state index contributed by atoms with van der Waals surface area (Å²) in [6.07, 6.45) is 3.21. The predicted octanol–water partition coefficient (Wildman–Crippen LogP) is 3.51. The molecule has 0 amide bonds. The Kier molecular flexibility index (Phi) is 2.62. The van der Waals surface area contributed by atoms with Crippen molar-refractivity contribution in [1.29, 1.82) is 0 Å². The smallest absolute Gasteiger partial charge is 0.123 e. The molecule has 74 valence electrons. The molecule has 0 unspecified atom stereocenters. The molecule has 2 rings (SSSR count). The number of aliphatic imine (C=N–C) groups is 1. The van der Waals surface area contributed by atoms with E-state index in [-0.39, 0.29) is 11.9 Å². The zero-order valence-corrected chi connectivity index (χ0v) is 8.33. The van der Waals surface area contributed by atoms with E-state index < -0.39 is 0 Å². The van der Waals surface area contributed by atoms with E-state index in [0.29, 0.717) is 0 Å². The van der Waals surface area contributed by atoms with Crippen LogP contribution >= 0.6 is 0 Å². The maximum atomic E-state index is 12.7. The summed E-state index contributed by atoms with van der Waals surface area (Å²) in [5, 5.41) is 0. The molecular formula is C12H14FN.